The number of amides is 2. The first-order chi connectivity index (χ1) is 23.3. The smallest absolute Gasteiger partial charge is 0.335 e. The predicted molar refractivity (Wildman–Crippen MR) is 186 cm³/mol. The number of aromatic nitrogens is 2. The number of H-pyrrole nitrogens is 2. The van der Waals surface area contributed by atoms with Crippen molar-refractivity contribution < 1.29 is 38.1 Å². The fourth-order valence-electron chi connectivity index (χ4n) is 6.36. The Hall–Kier alpha value is -4.81. The van der Waals surface area contributed by atoms with Crippen LogP contribution in [0.5, 0.6) is 0 Å². The minimum atomic E-state index is -0.881. The number of hydrogen-bond donors (Lipinski definition) is 3. The van der Waals surface area contributed by atoms with Crippen LogP contribution in [-0.2, 0) is 51.0 Å². The SMILES string of the molecule is CCC1=C(C)C(=O)N=C1/C=c1/[nH]/c(=C\c2[nH]c(/C=C3/NC(=O)C(C)=C3CC)c(C)c2CC(OC)C(=O)OC)c(CC(OC)C(=O)OC)c1C. The fourth-order valence-corrected chi connectivity index (χ4v) is 6.36. The Morgan fingerprint density at radius 2 is 1.31 bits per heavy atom. The van der Waals surface area contributed by atoms with E-state index in [4.69, 9.17) is 18.9 Å². The third-order valence-corrected chi connectivity index (χ3v) is 9.42. The van der Waals surface area contributed by atoms with Crippen LogP contribution in [0.4, 0.5) is 0 Å². The molecular formula is C37H46N4O8. The lowest BCUT2D eigenvalue weighted by atomic mass is 10.00. The molecule has 2 aromatic rings. The topological polar surface area (TPSA) is 161 Å². The van der Waals surface area contributed by atoms with Gasteiger partial charge in [0.25, 0.3) is 11.8 Å². The molecule has 0 aliphatic carbocycles. The highest BCUT2D eigenvalue weighted by molar-refractivity contribution is 6.30. The Labute approximate surface area is 286 Å². The number of esters is 2. The highest BCUT2D eigenvalue weighted by atomic mass is 16.6. The van der Waals surface area contributed by atoms with E-state index in [0.29, 0.717) is 51.8 Å². The van der Waals surface area contributed by atoms with Crippen LogP contribution >= 0.6 is 0 Å². The van der Waals surface area contributed by atoms with E-state index in [1.807, 2.05) is 45.9 Å². The van der Waals surface area contributed by atoms with E-state index in [0.717, 1.165) is 39.1 Å². The minimum Gasteiger partial charge on any atom is -0.467 e. The van der Waals surface area contributed by atoms with Crippen LogP contribution in [0.25, 0.3) is 18.2 Å². The van der Waals surface area contributed by atoms with Crippen LogP contribution in [-0.4, -0.2) is 80.1 Å². The van der Waals surface area contributed by atoms with E-state index in [1.165, 1.54) is 28.4 Å². The molecule has 0 fully saturated rings. The standard InChI is InChI=1S/C37H46N4O8/c1-11-22-20(5)34(42)40-28(22)15-26-18(3)24(13-32(46-7)36(44)48-9)30(38-26)17-31-25(14-33(47-8)37(45)49-10)19(4)27(39-31)16-29-23(12-2)21(6)35(43)41-29/h15-17,32-33,38-39H,11-14H2,1-10H3,(H,40,42)/b27-16+,28-15+,31-17-. The zero-order chi connectivity index (χ0) is 36.2. The molecule has 2 aliphatic rings. The minimum absolute atomic E-state index is 0.136. The maximum Gasteiger partial charge on any atom is 0.335 e. The van der Waals surface area contributed by atoms with Gasteiger partial charge in [-0.2, -0.15) is 0 Å². The van der Waals surface area contributed by atoms with E-state index in [-0.39, 0.29) is 24.7 Å². The van der Waals surface area contributed by atoms with E-state index < -0.39 is 24.1 Å². The molecule has 12 heteroatoms. The van der Waals surface area contributed by atoms with Gasteiger partial charge in [-0.25, -0.2) is 14.6 Å². The van der Waals surface area contributed by atoms with Gasteiger partial charge in [-0.15, -0.1) is 0 Å². The molecule has 3 N–H and O–H groups in total. The summed E-state index contributed by atoms with van der Waals surface area (Å²) in [7, 11) is 5.53. The first-order valence-corrected chi connectivity index (χ1v) is 16.2. The summed E-state index contributed by atoms with van der Waals surface area (Å²) in [4.78, 5) is 61.5. The predicted octanol–water partition coefficient (Wildman–Crippen LogP) is 2.93. The summed E-state index contributed by atoms with van der Waals surface area (Å²) < 4.78 is 21.1. The summed E-state index contributed by atoms with van der Waals surface area (Å²) in [6, 6.07) is 0. The lowest BCUT2D eigenvalue weighted by molar-refractivity contribution is -0.152. The zero-order valence-electron chi connectivity index (χ0n) is 29.9. The fraction of sp³-hybridized carbons (Fsp3) is 0.432. The van der Waals surface area contributed by atoms with Gasteiger partial charge in [0.05, 0.1) is 19.9 Å². The summed E-state index contributed by atoms with van der Waals surface area (Å²) in [6.45, 7) is 11.4. The van der Waals surface area contributed by atoms with Crippen molar-refractivity contribution in [3.8, 4) is 0 Å². The Morgan fingerprint density at radius 3 is 1.86 bits per heavy atom. The van der Waals surface area contributed by atoms with Crippen molar-refractivity contribution in [2.75, 3.05) is 28.4 Å². The van der Waals surface area contributed by atoms with E-state index >= 15 is 0 Å². The van der Waals surface area contributed by atoms with Crippen LogP contribution in [0.2, 0.25) is 0 Å². The maximum absolute atomic E-state index is 12.6. The van der Waals surface area contributed by atoms with Crippen LogP contribution in [0.1, 0.15) is 74.2 Å². The number of allylic oxidation sites excluding steroid dienone is 2. The Morgan fingerprint density at radius 1 is 0.714 bits per heavy atom. The first-order valence-electron chi connectivity index (χ1n) is 16.2. The van der Waals surface area contributed by atoms with Gasteiger partial charge in [0.1, 0.15) is 0 Å². The van der Waals surface area contributed by atoms with Gasteiger partial charge in [0.2, 0.25) is 0 Å². The molecule has 49 heavy (non-hydrogen) atoms. The van der Waals surface area contributed by atoms with Gasteiger partial charge in [-0.1, -0.05) is 13.8 Å². The van der Waals surface area contributed by atoms with Crippen LogP contribution in [0.3, 0.4) is 0 Å². The number of methoxy groups -OCH3 is 4. The number of ether oxygens (including phenoxy) is 4. The van der Waals surface area contributed by atoms with E-state index in [2.05, 4.69) is 20.3 Å². The number of rotatable bonds is 13. The molecule has 2 unspecified atom stereocenters. The lowest BCUT2D eigenvalue weighted by Crippen LogP contribution is -2.29. The average molecular weight is 675 g/mol. The number of aromatic amines is 2. The molecule has 0 aromatic carbocycles. The third-order valence-electron chi connectivity index (χ3n) is 9.42. The van der Waals surface area contributed by atoms with E-state index in [1.54, 1.807) is 13.8 Å². The van der Waals surface area contributed by atoms with Crippen molar-refractivity contribution in [2.24, 2.45) is 4.99 Å². The normalized spacial score (nSPS) is 17.8. The van der Waals surface area contributed by atoms with Gasteiger partial charge in [-0.3, -0.25) is 9.59 Å². The molecule has 2 aliphatic heterocycles. The van der Waals surface area contributed by atoms with Crippen molar-refractivity contribution in [2.45, 2.75) is 79.4 Å². The number of nitrogens with one attached hydrogen (secondary N) is 3. The summed E-state index contributed by atoms with van der Waals surface area (Å²) in [5.74, 6) is -1.43. The molecule has 2 atom stereocenters. The Balaban J connectivity index is 2.00. The number of aliphatic imine (C=N–C) groups is 1. The molecule has 2 amide bonds. The Kier molecular flexibility index (Phi) is 11.8. The van der Waals surface area contributed by atoms with Crippen molar-refractivity contribution in [1.82, 2.24) is 15.3 Å². The van der Waals surface area contributed by atoms with Crippen LogP contribution < -0.4 is 16.0 Å². The quantitative estimate of drug-likeness (QED) is 0.274. The third kappa shape index (κ3) is 7.45. The second-order valence-corrected chi connectivity index (χ2v) is 12.0. The summed E-state index contributed by atoms with van der Waals surface area (Å²) >= 11 is 0. The second-order valence-electron chi connectivity index (χ2n) is 12.0. The number of nitrogens with zero attached hydrogens (tertiary/aromatic N) is 1. The molecule has 0 spiro atoms. The van der Waals surface area contributed by atoms with Gasteiger partial charge in [-0.05, 0) is 92.2 Å². The van der Waals surface area contributed by atoms with Crippen molar-refractivity contribution >= 4 is 47.7 Å². The lowest BCUT2D eigenvalue weighted by Gasteiger charge is -2.14. The number of hydrogen-bond acceptors (Lipinski definition) is 8. The molecule has 0 bridgehead atoms. The molecule has 262 valence electrons. The van der Waals surface area contributed by atoms with Gasteiger partial charge >= 0.3 is 11.9 Å². The van der Waals surface area contributed by atoms with Crippen molar-refractivity contribution in [1.29, 1.82) is 0 Å². The molecule has 0 saturated heterocycles. The van der Waals surface area contributed by atoms with Crippen LogP contribution in [0, 0.1) is 13.8 Å². The summed E-state index contributed by atoms with van der Waals surface area (Å²) in [5.41, 5.74) is 9.09. The average Bonchev–Trinajstić information content (AvgIpc) is 3.73. The summed E-state index contributed by atoms with van der Waals surface area (Å²) in [6.07, 6.45) is 5.61. The van der Waals surface area contributed by atoms with E-state index in [9.17, 15) is 19.2 Å². The highest BCUT2D eigenvalue weighted by Crippen LogP contribution is 2.29. The molecule has 2 aromatic heterocycles. The first kappa shape index (κ1) is 37.0. The number of carbonyl (C=O) groups is 4. The zero-order valence-corrected chi connectivity index (χ0v) is 29.9. The highest BCUT2D eigenvalue weighted by Gasteiger charge is 2.27. The molecular weight excluding hydrogens is 628 g/mol. The van der Waals surface area contributed by atoms with Crippen molar-refractivity contribution in [3.63, 3.8) is 0 Å². The molecule has 0 radical (unpaired) electrons. The molecule has 4 rings (SSSR count). The second kappa shape index (κ2) is 15.6. The Bertz CT molecular complexity index is 1940. The van der Waals surface area contributed by atoms with Crippen LogP contribution in [0.15, 0.2) is 33.0 Å². The van der Waals surface area contributed by atoms with Gasteiger partial charge in [0.15, 0.2) is 12.2 Å². The molecule has 12 nitrogen and oxygen atoms in total. The monoisotopic (exact) mass is 674 g/mol. The maximum atomic E-state index is 12.6. The van der Waals surface area contributed by atoms with Gasteiger partial charge < -0.3 is 34.2 Å². The van der Waals surface area contributed by atoms with Gasteiger partial charge in [0, 0.05) is 66.0 Å². The number of carbonyl (C=O) groups excluding carboxylic acids is 4. The largest absolute Gasteiger partial charge is 0.467 e. The summed E-state index contributed by atoms with van der Waals surface area (Å²) in [5, 5.41) is 4.35. The molecule has 0 saturated carbocycles. The van der Waals surface area contributed by atoms with Crippen molar-refractivity contribution in [3.05, 3.63) is 72.3 Å². The molecule has 4 heterocycles.